The molecular weight excluding hydrogens is 430 g/mol. The summed E-state index contributed by atoms with van der Waals surface area (Å²) in [5, 5.41) is 10.9. The number of hydrogen-bond acceptors (Lipinski definition) is 7. The molecule has 0 amide bonds. The number of hydrogen-bond donors (Lipinski definition) is 3. The monoisotopic (exact) mass is 453 g/mol. The van der Waals surface area contributed by atoms with Gasteiger partial charge in [0.05, 0.1) is 32.8 Å². The highest BCUT2D eigenvalue weighted by Crippen LogP contribution is 2.50. The second-order valence-corrected chi connectivity index (χ2v) is 8.79. The number of ketones is 1. The maximum absolute atomic E-state index is 13.5. The van der Waals surface area contributed by atoms with Gasteiger partial charge in [0.15, 0.2) is 17.3 Å². The largest absolute Gasteiger partial charge is 0.496 e. The molecule has 1 aliphatic heterocycles. The highest BCUT2D eigenvalue weighted by Gasteiger charge is 2.42. The van der Waals surface area contributed by atoms with E-state index in [1.54, 1.807) is 44.8 Å². The van der Waals surface area contributed by atoms with Gasteiger partial charge in [-0.3, -0.25) is 19.8 Å². The summed E-state index contributed by atoms with van der Waals surface area (Å²) < 4.78 is 16.6. The molecule has 3 N–H and O–H groups in total. The molecule has 0 spiro atoms. The number of anilines is 1. The van der Waals surface area contributed by atoms with Gasteiger partial charge in [-0.25, -0.2) is 0 Å². The molecule has 0 saturated heterocycles. The molecular formula is C23H23N3O5S. The van der Waals surface area contributed by atoms with Gasteiger partial charge in [-0.1, -0.05) is 6.07 Å². The second kappa shape index (κ2) is 7.90. The summed E-state index contributed by atoms with van der Waals surface area (Å²) >= 11 is 1.66. The number of nitrogens with one attached hydrogen (secondary N) is 3. The van der Waals surface area contributed by atoms with Crippen molar-refractivity contribution in [2.24, 2.45) is 0 Å². The molecule has 5 rings (SSSR count). The van der Waals surface area contributed by atoms with Gasteiger partial charge in [-0.2, -0.15) is 0 Å². The van der Waals surface area contributed by atoms with Crippen molar-refractivity contribution in [3.05, 3.63) is 67.3 Å². The van der Waals surface area contributed by atoms with Gasteiger partial charge >= 0.3 is 0 Å². The number of thiophene rings is 1. The Hall–Kier alpha value is -3.46. The molecule has 2 atom stereocenters. The Labute approximate surface area is 188 Å². The van der Waals surface area contributed by atoms with Crippen LogP contribution in [0.4, 0.5) is 5.82 Å². The molecule has 0 unspecified atom stereocenters. The number of methoxy groups -OCH3 is 3. The highest BCUT2D eigenvalue weighted by atomic mass is 32.1. The van der Waals surface area contributed by atoms with Crippen molar-refractivity contribution in [2.45, 2.75) is 24.7 Å². The number of Topliss-reactive ketones (excluding diaryl/α,β-unsaturated/α-hetero) is 1. The molecule has 9 heteroatoms. The van der Waals surface area contributed by atoms with Crippen LogP contribution in [-0.4, -0.2) is 37.3 Å². The molecule has 3 aromatic rings. The second-order valence-electron chi connectivity index (χ2n) is 7.81. The molecule has 166 valence electrons. The molecule has 0 bridgehead atoms. The van der Waals surface area contributed by atoms with Gasteiger partial charge in [0.2, 0.25) is 0 Å². The molecule has 2 aromatic heterocycles. The quantitative estimate of drug-likeness (QED) is 0.543. The minimum absolute atomic E-state index is 0.0187. The summed E-state index contributed by atoms with van der Waals surface area (Å²) in [5.74, 6) is 1.61. The molecule has 1 aromatic carbocycles. The fourth-order valence-electron chi connectivity index (χ4n) is 4.74. The number of rotatable bonds is 5. The first-order valence-corrected chi connectivity index (χ1v) is 11.1. The van der Waals surface area contributed by atoms with E-state index < -0.39 is 5.92 Å². The van der Waals surface area contributed by atoms with Crippen LogP contribution in [0.3, 0.4) is 0 Å². The van der Waals surface area contributed by atoms with E-state index in [1.165, 1.54) is 4.88 Å². The zero-order valence-corrected chi connectivity index (χ0v) is 18.7. The van der Waals surface area contributed by atoms with Crippen molar-refractivity contribution in [3.8, 4) is 17.2 Å². The molecule has 0 radical (unpaired) electrons. The minimum Gasteiger partial charge on any atom is -0.496 e. The number of aromatic nitrogens is 2. The third-order valence-corrected chi connectivity index (χ3v) is 7.20. The van der Waals surface area contributed by atoms with E-state index in [-0.39, 0.29) is 17.3 Å². The number of H-pyrrole nitrogens is 2. The molecule has 1 aliphatic carbocycles. The minimum atomic E-state index is -0.595. The van der Waals surface area contributed by atoms with Gasteiger partial charge in [-0.05, 0) is 23.9 Å². The van der Waals surface area contributed by atoms with Crippen molar-refractivity contribution in [1.82, 2.24) is 10.2 Å². The number of aromatic amines is 2. The van der Waals surface area contributed by atoms with Crippen LogP contribution in [0, 0.1) is 0 Å². The van der Waals surface area contributed by atoms with E-state index >= 15 is 0 Å². The summed E-state index contributed by atoms with van der Waals surface area (Å²) in [7, 11) is 4.65. The fourth-order valence-corrected chi connectivity index (χ4v) is 5.57. The van der Waals surface area contributed by atoms with Crippen molar-refractivity contribution in [3.63, 3.8) is 0 Å². The van der Waals surface area contributed by atoms with Gasteiger partial charge in [0, 0.05) is 40.1 Å². The van der Waals surface area contributed by atoms with Crippen LogP contribution in [0.25, 0.3) is 0 Å². The van der Waals surface area contributed by atoms with Crippen LogP contribution in [0.15, 0.2) is 45.7 Å². The zero-order valence-electron chi connectivity index (χ0n) is 17.9. The Balaban J connectivity index is 1.71. The number of fused-ring (bicyclic) bond motifs is 1. The van der Waals surface area contributed by atoms with E-state index in [1.807, 2.05) is 11.4 Å². The van der Waals surface area contributed by atoms with Crippen LogP contribution < -0.4 is 25.1 Å². The van der Waals surface area contributed by atoms with Crippen LogP contribution in [0.2, 0.25) is 0 Å². The fraction of sp³-hybridized carbons (Fsp3) is 0.304. The molecule has 3 heterocycles. The average Bonchev–Trinajstić information content (AvgIpc) is 3.47. The molecule has 0 fully saturated rings. The number of allylic oxidation sites excluding steroid dienone is 2. The Morgan fingerprint density at radius 2 is 1.72 bits per heavy atom. The number of benzene rings is 1. The van der Waals surface area contributed by atoms with Crippen LogP contribution in [0.5, 0.6) is 17.2 Å². The normalized spacial score (nSPS) is 19.8. The first-order chi connectivity index (χ1) is 15.5. The molecule has 0 saturated carbocycles. The van der Waals surface area contributed by atoms with Gasteiger partial charge in [0.1, 0.15) is 11.6 Å². The van der Waals surface area contributed by atoms with Gasteiger partial charge in [-0.15, -0.1) is 11.3 Å². The lowest BCUT2D eigenvalue weighted by Gasteiger charge is -2.34. The first kappa shape index (κ1) is 20.4. The van der Waals surface area contributed by atoms with E-state index in [4.69, 9.17) is 14.2 Å². The predicted molar refractivity (Wildman–Crippen MR) is 121 cm³/mol. The lowest BCUT2D eigenvalue weighted by molar-refractivity contribution is -0.116. The number of carbonyl (C=O) groups excluding carboxylic acids is 1. The van der Waals surface area contributed by atoms with E-state index in [9.17, 15) is 9.59 Å². The number of ether oxygens (including phenoxy) is 3. The zero-order chi connectivity index (χ0) is 22.4. The summed E-state index contributed by atoms with van der Waals surface area (Å²) in [6.45, 7) is 0. The Morgan fingerprint density at radius 1 is 0.969 bits per heavy atom. The lowest BCUT2D eigenvalue weighted by atomic mass is 9.73. The van der Waals surface area contributed by atoms with Crippen molar-refractivity contribution in [2.75, 3.05) is 26.6 Å². The molecule has 2 aliphatic rings. The SMILES string of the molecule is COc1cc(OC)c([C@H]2C3=C(C[C@H](c4cccs4)CC3=O)Nc3[nH][nH]c(=O)c32)cc1OC. The summed E-state index contributed by atoms with van der Waals surface area (Å²) in [6.07, 6.45) is 1.07. The summed E-state index contributed by atoms with van der Waals surface area (Å²) in [5.41, 5.74) is 2.27. The third kappa shape index (κ3) is 3.12. The predicted octanol–water partition coefficient (Wildman–Crippen LogP) is 3.75. The van der Waals surface area contributed by atoms with Gasteiger partial charge in [0.25, 0.3) is 5.56 Å². The standard InChI is InChI=1S/C23H23N3O5S/c1-29-15-10-17(31-3)16(30-2)9-12(15)19-20-13(24-22-21(19)23(28)26-25-22)7-11(8-14(20)27)18-5-4-6-32-18/h4-6,9-11,19H,7-8H2,1-3H3,(H3,24,25,26,28)/t11-,19-/m0/s1. The van der Waals surface area contributed by atoms with Crippen LogP contribution in [-0.2, 0) is 4.79 Å². The maximum atomic E-state index is 13.5. The van der Waals surface area contributed by atoms with Crippen LogP contribution in [0.1, 0.15) is 40.7 Å². The van der Waals surface area contributed by atoms with Crippen molar-refractivity contribution >= 4 is 22.9 Å². The molecule has 8 nitrogen and oxygen atoms in total. The molecule has 32 heavy (non-hydrogen) atoms. The first-order valence-electron chi connectivity index (χ1n) is 10.2. The van der Waals surface area contributed by atoms with E-state index in [0.717, 1.165) is 5.70 Å². The van der Waals surface area contributed by atoms with Gasteiger partial charge < -0.3 is 19.5 Å². The topological polar surface area (TPSA) is 105 Å². The Morgan fingerprint density at radius 3 is 2.41 bits per heavy atom. The van der Waals surface area contributed by atoms with E-state index in [0.29, 0.717) is 52.6 Å². The number of carbonyl (C=O) groups is 1. The smallest absolute Gasteiger partial charge is 0.270 e. The average molecular weight is 454 g/mol. The van der Waals surface area contributed by atoms with Crippen molar-refractivity contribution < 1.29 is 19.0 Å². The Bertz CT molecular complexity index is 1270. The summed E-state index contributed by atoms with van der Waals surface area (Å²) in [4.78, 5) is 27.5. The summed E-state index contributed by atoms with van der Waals surface area (Å²) in [6, 6.07) is 7.57. The maximum Gasteiger partial charge on any atom is 0.270 e. The highest BCUT2D eigenvalue weighted by molar-refractivity contribution is 7.10. The van der Waals surface area contributed by atoms with Crippen molar-refractivity contribution in [1.29, 1.82) is 0 Å². The van der Waals surface area contributed by atoms with E-state index in [2.05, 4.69) is 21.6 Å². The lowest BCUT2D eigenvalue weighted by Crippen LogP contribution is -2.31. The van der Waals surface area contributed by atoms with Crippen LogP contribution >= 0.6 is 11.3 Å². The third-order valence-electron chi connectivity index (χ3n) is 6.17. The Kier molecular flexibility index (Phi) is 5.05.